The SMILES string of the molecule is CCCCC(=O)Nc1cc(NC(=O)[C@@H](C)NS(C)(=O)=O)ccc1OC. The lowest BCUT2D eigenvalue weighted by Gasteiger charge is -2.15. The van der Waals surface area contributed by atoms with E-state index in [1.54, 1.807) is 18.2 Å². The second-order valence-corrected chi connectivity index (χ2v) is 7.45. The third kappa shape index (κ3) is 7.53. The molecule has 1 aromatic rings. The molecule has 8 nitrogen and oxygen atoms in total. The molecule has 2 amide bonds. The van der Waals surface area contributed by atoms with Crippen LogP contribution in [0.5, 0.6) is 5.75 Å². The zero-order valence-corrected chi connectivity index (χ0v) is 15.7. The molecule has 1 rings (SSSR count). The molecule has 0 saturated carbocycles. The lowest BCUT2D eigenvalue weighted by atomic mass is 10.2. The summed E-state index contributed by atoms with van der Waals surface area (Å²) >= 11 is 0. The first kappa shape index (κ1) is 20.9. The van der Waals surface area contributed by atoms with Gasteiger partial charge < -0.3 is 15.4 Å². The number of amides is 2. The molecule has 1 atom stereocenters. The number of methoxy groups -OCH3 is 1. The average molecular weight is 371 g/mol. The Bertz CT molecular complexity index is 718. The van der Waals surface area contributed by atoms with Gasteiger partial charge in [0.1, 0.15) is 5.75 Å². The second-order valence-electron chi connectivity index (χ2n) is 5.67. The quantitative estimate of drug-likeness (QED) is 0.611. The number of anilines is 2. The number of carbonyl (C=O) groups is 2. The van der Waals surface area contributed by atoms with Gasteiger partial charge in [0.15, 0.2) is 0 Å². The molecule has 0 aromatic heterocycles. The lowest BCUT2D eigenvalue weighted by Crippen LogP contribution is -2.41. The maximum absolute atomic E-state index is 12.1. The average Bonchev–Trinajstić information content (AvgIpc) is 2.51. The van der Waals surface area contributed by atoms with Gasteiger partial charge in [0.05, 0.1) is 25.1 Å². The smallest absolute Gasteiger partial charge is 0.242 e. The highest BCUT2D eigenvalue weighted by Gasteiger charge is 2.17. The Morgan fingerprint density at radius 3 is 2.48 bits per heavy atom. The van der Waals surface area contributed by atoms with Crippen LogP contribution in [-0.2, 0) is 19.6 Å². The maximum atomic E-state index is 12.1. The van der Waals surface area contributed by atoms with Crippen LogP contribution in [0, 0.1) is 0 Å². The normalized spacial score (nSPS) is 12.3. The van der Waals surface area contributed by atoms with E-state index in [0.717, 1.165) is 19.1 Å². The van der Waals surface area contributed by atoms with Gasteiger partial charge in [-0.3, -0.25) is 9.59 Å². The minimum Gasteiger partial charge on any atom is -0.495 e. The molecular formula is C16H25N3O5S. The first-order chi connectivity index (χ1) is 11.7. The second kappa shape index (κ2) is 9.38. The Morgan fingerprint density at radius 2 is 1.92 bits per heavy atom. The molecule has 0 aliphatic rings. The summed E-state index contributed by atoms with van der Waals surface area (Å²) in [7, 11) is -2.01. The largest absolute Gasteiger partial charge is 0.495 e. The van der Waals surface area contributed by atoms with Crippen LogP contribution < -0.4 is 20.1 Å². The number of hydrogen-bond donors (Lipinski definition) is 3. The Balaban J connectivity index is 2.86. The summed E-state index contributed by atoms with van der Waals surface area (Å²) < 4.78 is 29.8. The van der Waals surface area contributed by atoms with Gasteiger partial charge >= 0.3 is 0 Å². The fraction of sp³-hybridized carbons (Fsp3) is 0.500. The van der Waals surface area contributed by atoms with Crippen LogP contribution in [-0.4, -0.2) is 39.6 Å². The number of hydrogen-bond acceptors (Lipinski definition) is 5. The fourth-order valence-electron chi connectivity index (χ4n) is 2.06. The fourth-order valence-corrected chi connectivity index (χ4v) is 2.81. The highest BCUT2D eigenvalue weighted by atomic mass is 32.2. The molecule has 25 heavy (non-hydrogen) atoms. The molecule has 0 saturated heterocycles. The summed E-state index contributed by atoms with van der Waals surface area (Å²) in [6.07, 6.45) is 3.06. The maximum Gasteiger partial charge on any atom is 0.242 e. The Labute approximate surface area is 148 Å². The van der Waals surface area contributed by atoms with Gasteiger partial charge in [0.2, 0.25) is 21.8 Å². The summed E-state index contributed by atoms with van der Waals surface area (Å²) in [6, 6.07) is 3.85. The van der Waals surface area contributed by atoms with Crippen LogP contribution in [0.2, 0.25) is 0 Å². The Kier molecular flexibility index (Phi) is 7.85. The molecule has 0 aliphatic carbocycles. The lowest BCUT2D eigenvalue weighted by molar-refractivity contribution is -0.117. The highest BCUT2D eigenvalue weighted by Crippen LogP contribution is 2.28. The van der Waals surface area contributed by atoms with Crippen LogP contribution in [0.1, 0.15) is 33.1 Å². The molecule has 1 aromatic carbocycles. The van der Waals surface area contributed by atoms with Crippen molar-refractivity contribution < 1.29 is 22.7 Å². The third-order valence-corrected chi connectivity index (χ3v) is 4.06. The summed E-state index contributed by atoms with van der Waals surface area (Å²) in [5.74, 6) is -0.195. The molecule has 0 spiro atoms. The van der Waals surface area contributed by atoms with E-state index in [-0.39, 0.29) is 5.91 Å². The van der Waals surface area contributed by atoms with Crippen molar-refractivity contribution in [3.05, 3.63) is 18.2 Å². The number of unbranched alkanes of at least 4 members (excludes halogenated alkanes) is 1. The molecular weight excluding hydrogens is 346 g/mol. The van der Waals surface area contributed by atoms with Gasteiger partial charge in [-0.1, -0.05) is 13.3 Å². The van der Waals surface area contributed by atoms with E-state index in [1.165, 1.54) is 14.0 Å². The standard InChI is InChI=1S/C16H25N3O5S/c1-5-6-7-15(20)18-13-10-12(8-9-14(13)24-3)17-16(21)11(2)19-25(4,22)23/h8-11,19H,5-7H2,1-4H3,(H,17,21)(H,18,20)/t11-/m1/s1. The van der Waals surface area contributed by atoms with E-state index < -0.39 is 22.0 Å². The topological polar surface area (TPSA) is 114 Å². The van der Waals surface area contributed by atoms with E-state index in [2.05, 4.69) is 15.4 Å². The molecule has 0 heterocycles. The van der Waals surface area contributed by atoms with Crippen molar-refractivity contribution in [2.75, 3.05) is 24.0 Å². The van der Waals surface area contributed by atoms with Crippen molar-refractivity contribution >= 4 is 33.2 Å². The van der Waals surface area contributed by atoms with Crippen molar-refractivity contribution in [1.29, 1.82) is 0 Å². The predicted molar refractivity (Wildman–Crippen MR) is 97.2 cm³/mol. The first-order valence-corrected chi connectivity index (χ1v) is 9.81. The van der Waals surface area contributed by atoms with Gasteiger partial charge in [0, 0.05) is 12.1 Å². The molecule has 0 fully saturated rings. The summed E-state index contributed by atoms with van der Waals surface area (Å²) in [5.41, 5.74) is 0.851. The zero-order valence-electron chi connectivity index (χ0n) is 14.9. The van der Waals surface area contributed by atoms with Crippen LogP contribution in [0.15, 0.2) is 18.2 Å². The number of carbonyl (C=O) groups excluding carboxylic acids is 2. The van der Waals surface area contributed by atoms with Gasteiger partial charge in [-0.25, -0.2) is 13.1 Å². The van der Waals surface area contributed by atoms with E-state index in [0.29, 0.717) is 23.5 Å². The summed E-state index contributed by atoms with van der Waals surface area (Å²) in [6.45, 7) is 3.43. The Hall–Kier alpha value is -2.13. The molecule has 0 unspecified atom stereocenters. The molecule has 140 valence electrons. The van der Waals surface area contributed by atoms with Crippen LogP contribution in [0.25, 0.3) is 0 Å². The number of sulfonamides is 1. The highest BCUT2D eigenvalue weighted by molar-refractivity contribution is 7.88. The van der Waals surface area contributed by atoms with E-state index in [9.17, 15) is 18.0 Å². The van der Waals surface area contributed by atoms with Gasteiger partial charge in [-0.15, -0.1) is 0 Å². The minimum absolute atomic E-state index is 0.143. The van der Waals surface area contributed by atoms with Crippen LogP contribution in [0.3, 0.4) is 0 Å². The van der Waals surface area contributed by atoms with Gasteiger partial charge in [0.25, 0.3) is 0 Å². The number of benzene rings is 1. The van der Waals surface area contributed by atoms with Crippen molar-refractivity contribution in [1.82, 2.24) is 4.72 Å². The summed E-state index contributed by atoms with van der Waals surface area (Å²) in [5, 5.41) is 5.35. The summed E-state index contributed by atoms with van der Waals surface area (Å²) in [4.78, 5) is 24.0. The molecule has 3 N–H and O–H groups in total. The third-order valence-electron chi connectivity index (χ3n) is 3.28. The Morgan fingerprint density at radius 1 is 1.24 bits per heavy atom. The van der Waals surface area contributed by atoms with E-state index in [1.807, 2.05) is 6.92 Å². The van der Waals surface area contributed by atoms with Crippen molar-refractivity contribution in [3.8, 4) is 5.75 Å². The van der Waals surface area contributed by atoms with Crippen molar-refractivity contribution in [2.45, 2.75) is 39.2 Å². The minimum atomic E-state index is -3.49. The zero-order chi connectivity index (χ0) is 19.0. The monoisotopic (exact) mass is 371 g/mol. The van der Waals surface area contributed by atoms with Crippen molar-refractivity contribution in [2.24, 2.45) is 0 Å². The van der Waals surface area contributed by atoms with Crippen LogP contribution >= 0.6 is 0 Å². The van der Waals surface area contributed by atoms with Gasteiger partial charge in [-0.05, 0) is 31.5 Å². The number of ether oxygens (including phenoxy) is 1. The number of rotatable bonds is 9. The molecule has 0 aliphatic heterocycles. The first-order valence-electron chi connectivity index (χ1n) is 7.92. The molecule has 0 radical (unpaired) electrons. The van der Waals surface area contributed by atoms with Gasteiger partial charge in [-0.2, -0.15) is 0 Å². The number of nitrogens with one attached hydrogen (secondary N) is 3. The van der Waals surface area contributed by atoms with Crippen LogP contribution in [0.4, 0.5) is 11.4 Å². The predicted octanol–water partition coefficient (Wildman–Crippen LogP) is 1.70. The molecule has 0 bridgehead atoms. The van der Waals surface area contributed by atoms with E-state index >= 15 is 0 Å². The van der Waals surface area contributed by atoms with E-state index in [4.69, 9.17) is 4.74 Å². The molecule has 9 heteroatoms. The van der Waals surface area contributed by atoms with Crippen molar-refractivity contribution in [3.63, 3.8) is 0 Å².